The van der Waals surface area contributed by atoms with Crippen molar-refractivity contribution in [3.63, 3.8) is 0 Å². The molecule has 4 nitrogen and oxygen atoms in total. The third-order valence-corrected chi connectivity index (χ3v) is 3.55. The van der Waals surface area contributed by atoms with Crippen molar-refractivity contribution in [2.45, 2.75) is 33.3 Å². The number of para-hydroxylation sites is 1. The molecule has 24 heavy (non-hydrogen) atoms. The zero-order chi connectivity index (χ0) is 17.2. The molecule has 0 aliphatic heterocycles. The summed E-state index contributed by atoms with van der Waals surface area (Å²) in [6, 6.07) is 14.9. The molecule has 0 aliphatic rings. The van der Waals surface area contributed by atoms with Crippen molar-refractivity contribution in [2.24, 2.45) is 0 Å². The second-order valence-electron chi connectivity index (χ2n) is 5.48. The predicted molar refractivity (Wildman–Crippen MR) is 96.6 cm³/mol. The van der Waals surface area contributed by atoms with Crippen molar-refractivity contribution in [3.8, 4) is 5.75 Å². The van der Waals surface area contributed by atoms with E-state index in [0.717, 1.165) is 29.8 Å². The van der Waals surface area contributed by atoms with Crippen LogP contribution in [0.15, 0.2) is 48.5 Å². The molecule has 1 amide bonds. The van der Waals surface area contributed by atoms with Gasteiger partial charge in [0.1, 0.15) is 5.75 Å². The molecular formula is C20H25NO3. The van der Waals surface area contributed by atoms with Gasteiger partial charge < -0.3 is 14.8 Å². The fourth-order valence-corrected chi connectivity index (χ4v) is 2.28. The topological polar surface area (TPSA) is 47.6 Å². The maximum atomic E-state index is 12.4. The fraction of sp³-hybridized carbons (Fsp3) is 0.350. The van der Waals surface area contributed by atoms with Gasteiger partial charge in [-0.2, -0.15) is 0 Å². The van der Waals surface area contributed by atoms with E-state index in [1.807, 2.05) is 49.4 Å². The molecule has 2 aromatic rings. The normalized spacial score (nSPS) is 10.4. The molecule has 0 fully saturated rings. The molecule has 0 bridgehead atoms. The average Bonchev–Trinajstić information content (AvgIpc) is 2.61. The van der Waals surface area contributed by atoms with Gasteiger partial charge in [-0.25, -0.2) is 0 Å². The number of hydrogen-bond donors (Lipinski definition) is 1. The molecule has 0 saturated heterocycles. The molecule has 0 spiro atoms. The number of ether oxygens (including phenoxy) is 2. The Bertz CT molecular complexity index is 641. The Morgan fingerprint density at radius 2 is 1.88 bits per heavy atom. The summed E-state index contributed by atoms with van der Waals surface area (Å²) in [5.41, 5.74) is 2.27. The van der Waals surface area contributed by atoms with Gasteiger partial charge in [0.2, 0.25) is 0 Å². The number of unbranched alkanes of at least 4 members (excludes halogenated alkanes) is 1. The van der Waals surface area contributed by atoms with Gasteiger partial charge >= 0.3 is 0 Å². The Morgan fingerprint density at radius 1 is 1.08 bits per heavy atom. The van der Waals surface area contributed by atoms with Crippen LogP contribution in [0.3, 0.4) is 0 Å². The lowest BCUT2D eigenvalue weighted by atomic mass is 10.1. The van der Waals surface area contributed by atoms with Crippen molar-refractivity contribution < 1.29 is 14.3 Å². The first-order valence-electron chi connectivity index (χ1n) is 8.44. The van der Waals surface area contributed by atoms with Gasteiger partial charge in [-0.05, 0) is 43.7 Å². The van der Waals surface area contributed by atoms with Gasteiger partial charge in [-0.1, -0.05) is 31.5 Å². The lowest BCUT2D eigenvalue weighted by molar-refractivity contribution is 0.102. The standard InChI is InChI=1S/C20H25NO3/c1-3-5-13-23-15-17-14-16(11-12-19(17)24-4-2)20(22)21-18-9-7-6-8-10-18/h6-12,14H,3-5,13,15H2,1-2H3,(H,21,22). The van der Waals surface area contributed by atoms with Crippen LogP contribution in [0.2, 0.25) is 0 Å². The Balaban J connectivity index is 2.10. The smallest absolute Gasteiger partial charge is 0.255 e. The molecular weight excluding hydrogens is 302 g/mol. The van der Waals surface area contributed by atoms with Crippen LogP contribution < -0.4 is 10.1 Å². The summed E-state index contributed by atoms with van der Waals surface area (Å²) in [7, 11) is 0. The van der Waals surface area contributed by atoms with Crippen LogP contribution in [0.1, 0.15) is 42.6 Å². The molecule has 0 saturated carbocycles. The van der Waals surface area contributed by atoms with Crippen LogP contribution >= 0.6 is 0 Å². The van der Waals surface area contributed by atoms with Crippen molar-refractivity contribution in [1.82, 2.24) is 0 Å². The van der Waals surface area contributed by atoms with E-state index in [2.05, 4.69) is 12.2 Å². The van der Waals surface area contributed by atoms with E-state index in [0.29, 0.717) is 25.4 Å². The molecule has 0 aliphatic carbocycles. The first kappa shape index (κ1) is 18.0. The van der Waals surface area contributed by atoms with Crippen molar-refractivity contribution >= 4 is 11.6 Å². The summed E-state index contributed by atoms with van der Waals surface area (Å²) in [5, 5.41) is 2.89. The first-order chi connectivity index (χ1) is 11.7. The molecule has 1 N–H and O–H groups in total. The molecule has 0 atom stereocenters. The van der Waals surface area contributed by atoms with E-state index >= 15 is 0 Å². The molecule has 0 heterocycles. The van der Waals surface area contributed by atoms with E-state index in [4.69, 9.17) is 9.47 Å². The zero-order valence-corrected chi connectivity index (χ0v) is 14.4. The van der Waals surface area contributed by atoms with Crippen LogP contribution in [0.5, 0.6) is 5.75 Å². The number of anilines is 1. The highest BCUT2D eigenvalue weighted by atomic mass is 16.5. The van der Waals surface area contributed by atoms with Crippen LogP contribution in [0.25, 0.3) is 0 Å². The van der Waals surface area contributed by atoms with Crippen LogP contribution in [-0.4, -0.2) is 19.1 Å². The SMILES string of the molecule is CCCCOCc1cc(C(=O)Nc2ccccc2)ccc1OCC. The minimum absolute atomic E-state index is 0.140. The maximum absolute atomic E-state index is 12.4. The summed E-state index contributed by atoms with van der Waals surface area (Å²) in [5.74, 6) is 0.629. The van der Waals surface area contributed by atoms with E-state index in [-0.39, 0.29) is 5.91 Å². The average molecular weight is 327 g/mol. The Hall–Kier alpha value is -2.33. The van der Waals surface area contributed by atoms with Gasteiger partial charge in [-0.15, -0.1) is 0 Å². The summed E-state index contributed by atoms with van der Waals surface area (Å²) in [6.45, 7) is 5.81. The van der Waals surface area contributed by atoms with Gasteiger partial charge in [0.15, 0.2) is 0 Å². The third-order valence-electron chi connectivity index (χ3n) is 3.55. The minimum Gasteiger partial charge on any atom is -0.494 e. The lowest BCUT2D eigenvalue weighted by Gasteiger charge is -2.13. The van der Waals surface area contributed by atoms with Gasteiger partial charge in [0.25, 0.3) is 5.91 Å². The Kier molecular flexibility index (Phi) is 7.30. The number of carbonyl (C=O) groups excluding carboxylic acids is 1. The van der Waals surface area contributed by atoms with Crippen LogP contribution in [0.4, 0.5) is 5.69 Å². The molecule has 128 valence electrons. The fourth-order valence-electron chi connectivity index (χ4n) is 2.28. The van der Waals surface area contributed by atoms with Gasteiger partial charge in [-0.3, -0.25) is 4.79 Å². The molecule has 0 radical (unpaired) electrons. The van der Waals surface area contributed by atoms with E-state index in [9.17, 15) is 4.79 Å². The highest BCUT2D eigenvalue weighted by Crippen LogP contribution is 2.22. The Morgan fingerprint density at radius 3 is 2.58 bits per heavy atom. The van der Waals surface area contributed by atoms with Gasteiger partial charge in [0.05, 0.1) is 13.2 Å². The maximum Gasteiger partial charge on any atom is 0.255 e. The van der Waals surface area contributed by atoms with Gasteiger partial charge in [0, 0.05) is 23.4 Å². The van der Waals surface area contributed by atoms with E-state index in [1.165, 1.54) is 0 Å². The highest BCUT2D eigenvalue weighted by molar-refractivity contribution is 6.04. The largest absolute Gasteiger partial charge is 0.494 e. The van der Waals surface area contributed by atoms with Crippen molar-refractivity contribution in [3.05, 3.63) is 59.7 Å². The summed E-state index contributed by atoms with van der Waals surface area (Å²) in [6.07, 6.45) is 2.12. The Labute approximate surface area is 143 Å². The number of benzene rings is 2. The number of carbonyl (C=O) groups is 1. The first-order valence-corrected chi connectivity index (χ1v) is 8.44. The number of rotatable bonds is 9. The lowest BCUT2D eigenvalue weighted by Crippen LogP contribution is -2.12. The second-order valence-corrected chi connectivity index (χ2v) is 5.48. The van der Waals surface area contributed by atoms with E-state index < -0.39 is 0 Å². The van der Waals surface area contributed by atoms with Crippen molar-refractivity contribution in [1.29, 1.82) is 0 Å². The van der Waals surface area contributed by atoms with Crippen LogP contribution in [-0.2, 0) is 11.3 Å². The summed E-state index contributed by atoms with van der Waals surface area (Å²) >= 11 is 0. The monoisotopic (exact) mass is 327 g/mol. The quantitative estimate of drug-likeness (QED) is 0.682. The highest BCUT2D eigenvalue weighted by Gasteiger charge is 2.11. The molecule has 2 aromatic carbocycles. The van der Waals surface area contributed by atoms with Crippen molar-refractivity contribution in [2.75, 3.05) is 18.5 Å². The van der Waals surface area contributed by atoms with E-state index in [1.54, 1.807) is 6.07 Å². The number of nitrogens with one attached hydrogen (secondary N) is 1. The third kappa shape index (κ3) is 5.39. The summed E-state index contributed by atoms with van der Waals surface area (Å²) < 4.78 is 11.3. The zero-order valence-electron chi connectivity index (χ0n) is 14.4. The minimum atomic E-state index is -0.140. The van der Waals surface area contributed by atoms with Crippen LogP contribution in [0, 0.1) is 0 Å². The second kappa shape index (κ2) is 9.73. The summed E-state index contributed by atoms with van der Waals surface area (Å²) in [4.78, 5) is 12.4. The molecule has 0 aromatic heterocycles. The molecule has 0 unspecified atom stereocenters. The number of hydrogen-bond acceptors (Lipinski definition) is 3. The molecule has 2 rings (SSSR count). The molecule has 4 heteroatoms. The predicted octanol–water partition coefficient (Wildman–Crippen LogP) is 4.65. The number of amides is 1.